The maximum atomic E-state index is 12.4. The van der Waals surface area contributed by atoms with Crippen LogP contribution < -0.4 is 5.32 Å². The van der Waals surface area contributed by atoms with Gasteiger partial charge in [0.25, 0.3) is 0 Å². The molecule has 7 nitrogen and oxygen atoms in total. The van der Waals surface area contributed by atoms with Gasteiger partial charge in [0.05, 0.1) is 29.8 Å². The molecule has 2 aromatic heterocycles. The molecule has 2 amide bonds. The molecule has 0 aliphatic heterocycles. The smallest absolute Gasteiger partial charge is 0.313 e. The van der Waals surface area contributed by atoms with Crippen LogP contribution in [0.5, 0.6) is 0 Å². The van der Waals surface area contributed by atoms with E-state index in [1.165, 1.54) is 6.20 Å². The standard InChI is InChI=1S/C16H23N5O2/c1-4-6-11(3)10-21(5-2)16(23)15(22)19-13-8-17-9-14-12(13)7-18-20-14/h7-9,11H,4-6,10H2,1-3H3,(H,18,20)(H,19,22). The second kappa shape index (κ2) is 7.71. The highest BCUT2D eigenvalue weighted by Gasteiger charge is 2.22. The van der Waals surface area contributed by atoms with Crippen molar-refractivity contribution in [2.75, 3.05) is 18.4 Å². The Morgan fingerprint density at radius 2 is 2.09 bits per heavy atom. The van der Waals surface area contributed by atoms with Crippen LogP contribution >= 0.6 is 0 Å². The van der Waals surface area contributed by atoms with Gasteiger partial charge in [-0.1, -0.05) is 20.3 Å². The average Bonchev–Trinajstić information content (AvgIpc) is 3.01. The molecule has 1 atom stereocenters. The number of H-pyrrole nitrogens is 1. The fourth-order valence-corrected chi connectivity index (χ4v) is 2.60. The molecule has 2 rings (SSSR count). The molecule has 23 heavy (non-hydrogen) atoms. The number of amides is 2. The first kappa shape index (κ1) is 16.9. The first-order valence-corrected chi connectivity index (χ1v) is 7.94. The monoisotopic (exact) mass is 317 g/mol. The Morgan fingerprint density at radius 3 is 2.78 bits per heavy atom. The molecule has 0 fully saturated rings. The fourth-order valence-electron chi connectivity index (χ4n) is 2.60. The van der Waals surface area contributed by atoms with Gasteiger partial charge < -0.3 is 10.2 Å². The van der Waals surface area contributed by atoms with Gasteiger partial charge in [0.1, 0.15) is 0 Å². The van der Waals surface area contributed by atoms with Crippen LogP contribution in [-0.2, 0) is 9.59 Å². The molecule has 2 aromatic rings. The summed E-state index contributed by atoms with van der Waals surface area (Å²) in [5, 5.41) is 10.1. The third kappa shape index (κ3) is 4.06. The van der Waals surface area contributed by atoms with Crippen molar-refractivity contribution in [2.45, 2.75) is 33.6 Å². The zero-order valence-corrected chi connectivity index (χ0v) is 13.8. The van der Waals surface area contributed by atoms with Crippen molar-refractivity contribution in [3.63, 3.8) is 0 Å². The van der Waals surface area contributed by atoms with Crippen LogP contribution in [0.25, 0.3) is 10.9 Å². The van der Waals surface area contributed by atoms with Crippen LogP contribution in [-0.4, -0.2) is 45.0 Å². The minimum Gasteiger partial charge on any atom is -0.334 e. The summed E-state index contributed by atoms with van der Waals surface area (Å²) in [6.45, 7) is 7.18. The van der Waals surface area contributed by atoms with Gasteiger partial charge in [-0.15, -0.1) is 0 Å². The molecule has 0 aliphatic rings. The van der Waals surface area contributed by atoms with Gasteiger partial charge in [-0.05, 0) is 19.3 Å². The Hall–Kier alpha value is -2.44. The number of aromatic nitrogens is 3. The highest BCUT2D eigenvalue weighted by atomic mass is 16.2. The molecule has 0 saturated carbocycles. The van der Waals surface area contributed by atoms with Gasteiger partial charge in [0, 0.05) is 18.5 Å². The lowest BCUT2D eigenvalue weighted by molar-refractivity contribution is -0.143. The van der Waals surface area contributed by atoms with Crippen molar-refractivity contribution in [1.82, 2.24) is 20.1 Å². The minimum atomic E-state index is -0.647. The predicted octanol–water partition coefficient (Wildman–Crippen LogP) is 2.18. The number of carbonyl (C=O) groups excluding carboxylic acids is 2. The number of pyridine rings is 1. The van der Waals surface area contributed by atoms with Gasteiger partial charge >= 0.3 is 11.8 Å². The number of fused-ring (bicyclic) bond motifs is 1. The lowest BCUT2D eigenvalue weighted by atomic mass is 10.1. The van der Waals surface area contributed by atoms with E-state index in [1.54, 1.807) is 17.3 Å². The lowest BCUT2D eigenvalue weighted by Gasteiger charge is -2.23. The van der Waals surface area contributed by atoms with E-state index in [4.69, 9.17) is 0 Å². The van der Waals surface area contributed by atoms with E-state index in [-0.39, 0.29) is 0 Å². The van der Waals surface area contributed by atoms with E-state index in [0.717, 1.165) is 18.2 Å². The maximum absolute atomic E-state index is 12.4. The van der Waals surface area contributed by atoms with E-state index < -0.39 is 11.8 Å². The third-order valence-corrected chi connectivity index (χ3v) is 3.79. The molecule has 7 heteroatoms. The van der Waals surface area contributed by atoms with E-state index in [9.17, 15) is 9.59 Å². The molecule has 0 aromatic carbocycles. The molecule has 124 valence electrons. The number of nitrogens with one attached hydrogen (secondary N) is 2. The summed E-state index contributed by atoms with van der Waals surface area (Å²) in [5.74, 6) is -0.794. The molecular formula is C16H23N5O2. The number of aromatic amines is 1. The molecule has 0 spiro atoms. The van der Waals surface area contributed by atoms with Crippen molar-refractivity contribution in [3.8, 4) is 0 Å². The van der Waals surface area contributed by atoms with Crippen LogP contribution in [0.2, 0.25) is 0 Å². The molecule has 2 heterocycles. The quantitative estimate of drug-likeness (QED) is 0.799. The predicted molar refractivity (Wildman–Crippen MR) is 88.8 cm³/mol. The summed E-state index contributed by atoms with van der Waals surface area (Å²) < 4.78 is 0. The van der Waals surface area contributed by atoms with E-state index in [0.29, 0.717) is 30.2 Å². The average molecular weight is 317 g/mol. The van der Waals surface area contributed by atoms with Gasteiger partial charge in [0.2, 0.25) is 0 Å². The molecular weight excluding hydrogens is 294 g/mol. The van der Waals surface area contributed by atoms with Crippen molar-refractivity contribution in [3.05, 3.63) is 18.6 Å². The maximum Gasteiger partial charge on any atom is 0.313 e. The summed E-state index contributed by atoms with van der Waals surface area (Å²) >= 11 is 0. The van der Waals surface area contributed by atoms with E-state index >= 15 is 0 Å². The summed E-state index contributed by atoms with van der Waals surface area (Å²) in [6.07, 6.45) is 6.82. The molecule has 0 bridgehead atoms. The Kier molecular flexibility index (Phi) is 5.67. The highest BCUT2D eigenvalue weighted by molar-refractivity contribution is 6.40. The second-order valence-electron chi connectivity index (χ2n) is 5.71. The Bertz CT molecular complexity index is 682. The first-order chi connectivity index (χ1) is 11.1. The normalized spacial score (nSPS) is 12.1. The Balaban J connectivity index is 2.06. The SMILES string of the molecule is CCCC(C)CN(CC)C(=O)C(=O)Nc1cncc2[nH]ncc12. The third-order valence-electron chi connectivity index (χ3n) is 3.79. The van der Waals surface area contributed by atoms with Gasteiger partial charge in [-0.25, -0.2) is 0 Å². The lowest BCUT2D eigenvalue weighted by Crippen LogP contribution is -2.41. The number of likely N-dealkylation sites (N-methyl/N-ethyl adjacent to an activating group) is 1. The fraction of sp³-hybridized carbons (Fsp3) is 0.500. The first-order valence-electron chi connectivity index (χ1n) is 7.94. The second-order valence-corrected chi connectivity index (χ2v) is 5.71. The zero-order chi connectivity index (χ0) is 16.8. The molecule has 0 saturated heterocycles. The van der Waals surface area contributed by atoms with Crippen molar-refractivity contribution in [2.24, 2.45) is 5.92 Å². The number of rotatable bonds is 6. The van der Waals surface area contributed by atoms with Crippen molar-refractivity contribution < 1.29 is 9.59 Å². The number of anilines is 1. The molecule has 2 N–H and O–H groups in total. The Morgan fingerprint density at radius 1 is 1.30 bits per heavy atom. The summed E-state index contributed by atoms with van der Waals surface area (Å²) in [4.78, 5) is 30.2. The number of nitrogens with zero attached hydrogens (tertiary/aromatic N) is 3. The zero-order valence-electron chi connectivity index (χ0n) is 13.8. The number of hydrogen-bond donors (Lipinski definition) is 2. The van der Waals surface area contributed by atoms with Gasteiger partial charge in [-0.2, -0.15) is 5.10 Å². The van der Waals surface area contributed by atoms with E-state index in [1.807, 2.05) is 6.92 Å². The van der Waals surface area contributed by atoms with Crippen molar-refractivity contribution in [1.29, 1.82) is 0 Å². The van der Waals surface area contributed by atoms with Crippen LogP contribution in [0, 0.1) is 5.92 Å². The Labute approximate surface area is 135 Å². The van der Waals surface area contributed by atoms with Crippen LogP contribution in [0.1, 0.15) is 33.6 Å². The largest absolute Gasteiger partial charge is 0.334 e. The highest BCUT2D eigenvalue weighted by Crippen LogP contribution is 2.19. The van der Waals surface area contributed by atoms with Crippen LogP contribution in [0.15, 0.2) is 18.6 Å². The summed E-state index contributed by atoms with van der Waals surface area (Å²) in [6, 6.07) is 0. The molecule has 0 radical (unpaired) electrons. The van der Waals surface area contributed by atoms with Crippen LogP contribution in [0.4, 0.5) is 5.69 Å². The summed E-state index contributed by atoms with van der Waals surface area (Å²) in [5.41, 5.74) is 1.19. The molecule has 1 unspecified atom stereocenters. The van der Waals surface area contributed by atoms with Gasteiger partial charge in [-0.3, -0.25) is 19.7 Å². The topological polar surface area (TPSA) is 91.0 Å². The number of carbonyl (C=O) groups is 2. The van der Waals surface area contributed by atoms with E-state index in [2.05, 4.69) is 34.3 Å². The summed E-state index contributed by atoms with van der Waals surface area (Å²) in [7, 11) is 0. The van der Waals surface area contributed by atoms with Gasteiger partial charge in [0.15, 0.2) is 0 Å². The molecule has 0 aliphatic carbocycles. The van der Waals surface area contributed by atoms with Crippen molar-refractivity contribution >= 4 is 28.4 Å². The number of hydrogen-bond acceptors (Lipinski definition) is 4. The van der Waals surface area contributed by atoms with Crippen LogP contribution in [0.3, 0.4) is 0 Å². The minimum absolute atomic E-state index is 0.371.